The van der Waals surface area contributed by atoms with Gasteiger partial charge in [-0.25, -0.2) is 9.59 Å². The molecule has 0 spiro atoms. The van der Waals surface area contributed by atoms with Gasteiger partial charge < -0.3 is 28.0 Å². The second kappa shape index (κ2) is 23.5. The van der Waals surface area contributed by atoms with Crippen molar-refractivity contribution in [1.82, 2.24) is 48.1 Å². The molecule has 0 atom stereocenters. The van der Waals surface area contributed by atoms with Gasteiger partial charge in [0.1, 0.15) is 23.0 Å². The molecule has 4 aromatic carbocycles. The van der Waals surface area contributed by atoms with Gasteiger partial charge in [-0.05, 0) is 49.2 Å². The van der Waals surface area contributed by atoms with Crippen LogP contribution in [0.5, 0.6) is 35.0 Å². The molecule has 0 unspecified atom stereocenters. The SMILES string of the molecule is CCn1c(=O)[nH]c(=O)c2c1nc(Oc1cccc(OC(F)(F)F)c1)n2Cc1ccccc1.CCn1c(=O)n(Cc2ccno2)c(=O)c2c1nc(Oc1cccc(OC(F)(F)F)c1)n2Cc1ccccc1.ClCc1ccno1. The van der Waals surface area contributed by atoms with Crippen molar-refractivity contribution in [3.63, 3.8) is 0 Å². The fourth-order valence-electron chi connectivity index (χ4n) is 7.59. The molecule has 20 nitrogen and oxygen atoms in total. The van der Waals surface area contributed by atoms with Crippen LogP contribution < -0.4 is 41.4 Å². The molecule has 6 heterocycles. The van der Waals surface area contributed by atoms with E-state index < -0.39 is 46.7 Å². The monoisotopic (exact) mass is 1090 g/mol. The minimum atomic E-state index is -4.88. The third-order valence-corrected chi connectivity index (χ3v) is 11.1. The number of aryl methyl sites for hydroxylation is 2. The van der Waals surface area contributed by atoms with Crippen LogP contribution in [0.3, 0.4) is 0 Å². The number of rotatable bonds is 15. The Morgan fingerprint density at radius 1 is 0.545 bits per heavy atom. The highest BCUT2D eigenvalue weighted by Gasteiger charge is 2.32. The predicted octanol–water partition coefficient (Wildman–Crippen LogP) is 9.21. The van der Waals surface area contributed by atoms with Crippen LogP contribution in [-0.4, -0.2) is 60.8 Å². The van der Waals surface area contributed by atoms with Crippen molar-refractivity contribution in [3.05, 3.63) is 198 Å². The van der Waals surface area contributed by atoms with Crippen LogP contribution in [0.25, 0.3) is 22.3 Å². The van der Waals surface area contributed by atoms with Crippen LogP contribution in [0.15, 0.2) is 162 Å². The van der Waals surface area contributed by atoms with Crippen LogP contribution in [0.2, 0.25) is 0 Å². The number of benzene rings is 4. The van der Waals surface area contributed by atoms with E-state index in [2.05, 4.69) is 39.3 Å². The zero-order valence-corrected chi connectivity index (χ0v) is 41.0. The van der Waals surface area contributed by atoms with E-state index in [1.54, 1.807) is 26.1 Å². The summed E-state index contributed by atoms with van der Waals surface area (Å²) in [5.41, 5.74) is -0.555. The molecule has 0 saturated heterocycles. The number of nitrogens with zero attached hydrogens (tertiary/aromatic N) is 9. The van der Waals surface area contributed by atoms with E-state index in [4.69, 9.17) is 25.6 Å². The minimum Gasteiger partial charge on any atom is -0.425 e. The van der Waals surface area contributed by atoms with Crippen LogP contribution >= 0.6 is 11.6 Å². The second-order valence-corrected chi connectivity index (χ2v) is 16.3. The highest BCUT2D eigenvalue weighted by Crippen LogP contribution is 2.32. The van der Waals surface area contributed by atoms with Gasteiger partial charge in [-0.1, -0.05) is 83.1 Å². The lowest BCUT2D eigenvalue weighted by Crippen LogP contribution is -2.40. The van der Waals surface area contributed by atoms with Gasteiger partial charge >= 0.3 is 36.1 Å². The summed E-state index contributed by atoms with van der Waals surface area (Å²) in [7, 11) is 0. The molecule has 0 aliphatic carbocycles. The Bertz CT molecular complexity index is 3840. The van der Waals surface area contributed by atoms with Gasteiger partial charge in [0.25, 0.3) is 11.1 Å². The summed E-state index contributed by atoms with van der Waals surface area (Å²) in [6.45, 7) is 4.01. The van der Waals surface area contributed by atoms with Crippen LogP contribution in [0.1, 0.15) is 36.5 Å². The number of hydrogen-bond acceptors (Lipinski definition) is 14. The van der Waals surface area contributed by atoms with Crippen molar-refractivity contribution < 1.29 is 54.3 Å². The standard InChI is InChI=1S/C25H20F3N5O5.C21H17F3N4O4.C4H4ClNO/c1-2-31-21-20(22(34)33(24(31)35)15-19-11-12-29-38-19)32(14-16-7-4-3-5-8-16)23(30-21)36-17-9-6-10-18(13-17)37-25(26,27)28;1-2-27-17-16(18(29)26-19(27)30)28(12-13-7-4-3-5-8-13)20(25-17)31-14-9-6-10-15(11-14)32-21(22,23)24;5-3-4-1-2-6-7-4/h3-13H,2,14-15H2,1H3;3-11H,2,12H2,1H3,(H,26,29,30);1-2H,3H2. The number of aromatic amines is 1. The first-order valence-electron chi connectivity index (χ1n) is 22.9. The average Bonchev–Trinajstić information content (AvgIpc) is 4.28. The molecule has 27 heteroatoms. The molecule has 10 rings (SSSR count). The zero-order chi connectivity index (χ0) is 54.9. The van der Waals surface area contributed by atoms with Crippen molar-refractivity contribution >= 4 is 33.9 Å². The fraction of sp³-hybridized carbons (Fsp3) is 0.200. The zero-order valence-electron chi connectivity index (χ0n) is 40.2. The lowest BCUT2D eigenvalue weighted by atomic mass is 10.2. The number of aromatic nitrogens is 10. The summed E-state index contributed by atoms with van der Waals surface area (Å²) in [4.78, 5) is 62.7. The molecule has 0 radical (unpaired) electrons. The molecule has 6 aromatic heterocycles. The van der Waals surface area contributed by atoms with Gasteiger partial charge in [-0.15, -0.1) is 37.9 Å². The van der Waals surface area contributed by atoms with Crippen LogP contribution in [0, 0.1) is 0 Å². The Morgan fingerprint density at radius 3 is 1.45 bits per heavy atom. The van der Waals surface area contributed by atoms with Gasteiger partial charge in [0.15, 0.2) is 33.8 Å². The molecule has 400 valence electrons. The van der Waals surface area contributed by atoms with Crippen molar-refractivity contribution in [2.45, 2.75) is 65.2 Å². The van der Waals surface area contributed by atoms with E-state index in [0.29, 0.717) is 17.4 Å². The first-order chi connectivity index (χ1) is 36.9. The van der Waals surface area contributed by atoms with Crippen LogP contribution in [0.4, 0.5) is 26.3 Å². The van der Waals surface area contributed by atoms with E-state index in [-0.39, 0.29) is 78.6 Å². The largest absolute Gasteiger partial charge is 0.573 e. The number of alkyl halides is 7. The maximum Gasteiger partial charge on any atom is 0.573 e. The Hall–Kier alpha value is -9.33. The first-order valence-corrected chi connectivity index (χ1v) is 23.4. The minimum absolute atomic E-state index is 0.0104. The number of halogens is 7. The van der Waals surface area contributed by atoms with Gasteiger partial charge in [0.2, 0.25) is 0 Å². The maximum absolute atomic E-state index is 13.7. The molecule has 0 saturated carbocycles. The molecule has 0 aliphatic heterocycles. The van der Waals surface area contributed by atoms with Gasteiger partial charge in [-0.3, -0.25) is 37.4 Å². The number of fused-ring (bicyclic) bond motifs is 2. The maximum atomic E-state index is 13.7. The number of ether oxygens (including phenoxy) is 4. The summed E-state index contributed by atoms with van der Waals surface area (Å²) in [6, 6.07) is 31.2. The van der Waals surface area contributed by atoms with Crippen molar-refractivity contribution in [1.29, 1.82) is 0 Å². The summed E-state index contributed by atoms with van der Waals surface area (Å²) in [5, 5.41) is 7.05. The number of hydrogen-bond donors (Lipinski definition) is 1. The van der Waals surface area contributed by atoms with E-state index >= 15 is 0 Å². The van der Waals surface area contributed by atoms with Crippen molar-refractivity contribution in [2.24, 2.45) is 0 Å². The smallest absolute Gasteiger partial charge is 0.425 e. The Balaban J connectivity index is 0.000000182. The molecule has 10 aromatic rings. The molecule has 0 fully saturated rings. The van der Waals surface area contributed by atoms with Gasteiger partial charge in [0, 0.05) is 37.4 Å². The quantitative estimate of drug-likeness (QED) is 0.0747. The molecular weight excluding hydrogens is 1050 g/mol. The van der Waals surface area contributed by atoms with Crippen LogP contribution in [-0.2, 0) is 38.6 Å². The summed E-state index contributed by atoms with van der Waals surface area (Å²) < 4.78 is 112. The molecule has 0 aliphatic rings. The van der Waals surface area contributed by atoms with E-state index in [1.165, 1.54) is 54.8 Å². The number of imidazole rings is 2. The highest BCUT2D eigenvalue weighted by atomic mass is 35.5. The van der Waals surface area contributed by atoms with Gasteiger partial charge in [-0.2, -0.15) is 9.97 Å². The predicted molar refractivity (Wildman–Crippen MR) is 263 cm³/mol. The molecular formula is C50H41ClF6N10O10. The summed E-state index contributed by atoms with van der Waals surface area (Å²) in [6.07, 6.45) is -6.77. The molecule has 0 bridgehead atoms. The lowest BCUT2D eigenvalue weighted by molar-refractivity contribution is -0.275. The van der Waals surface area contributed by atoms with Crippen molar-refractivity contribution in [2.75, 3.05) is 0 Å². The van der Waals surface area contributed by atoms with Crippen molar-refractivity contribution in [3.8, 4) is 35.0 Å². The van der Waals surface area contributed by atoms with E-state index in [1.807, 2.05) is 60.7 Å². The lowest BCUT2D eigenvalue weighted by Gasteiger charge is -2.12. The van der Waals surface area contributed by atoms with E-state index in [9.17, 15) is 45.5 Å². The topological polar surface area (TPSA) is 223 Å². The third kappa shape index (κ3) is 13.3. The average molecular weight is 1090 g/mol. The first kappa shape index (κ1) is 53.9. The summed E-state index contributed by atoms with van der Waals surface area (Å²) in [5.74, 6) is 0.464. The molecule has 1 N–H and O–H groups in total. The third-order valence-electron chi connectivity index (χ3n) is 10.9. The summed E-state index contributed by atoms with van der Waals surface area (Å²) >= 11 is 5.33. The van der Waals surface area contributed by atoms with Gasteiger partial charge in [0.05, 0.1) is 37.9 Å². The van der Waals surface area contributed by atoms with E-state index in [0.717, 1.165) is 40.0 Å². The Morgan fingerprint density at radius 2 is 1.01 bits per heavy atom. The fourth-order valence-corrected chi connectivity index (χ4v) is 7.73. The Labute approximate surface area is 433 Å². The number of nitrogens with one attached hydrogen (secondary N) is 1. The second-order valence-electron chi connectivity index (χ2n) is 16.0. The number of H-pyrrole nitrogens is 1. The molecule has 0 amide bonds. The molecule has 77 heavy (non-hydrogen) atoms. The Kier molecular flexibility index (Phi) is 16.4. The highest BCUT2D eigenvalue weighted by molar-refractivity contribution is 6.16. The normalized spacial score (nSPS) is 11.4.